The van der Waals surface area contributed by atoms with Crippen molar-refractivity contribution in [1.29, 1.82) is 0 Å². The Morgan fingerprint density at radius 1 is 1.05 bits per heavy atom. The van der Waals surface area contributed by atoms with Crippen molar-refractivity contribution in [3.05, 3.63) is 74.9 Å². The lowest BCUT2D eigenvalue weighted by molar-refractivity contribution is 0.494. The number of nitrogens with zero attached hydrogens (tertiary/aromatic N) is 6. The number of imidazole rings is 1. The Hall–Kier alpha value is -3.63. The van der Waals surface area contributed by atoms with Gasteiger partial charge in [-0.1, -0.05) is 42.1 Å². The second-order valence-corrected chi connectivity index (χ2v) is 10.6. The van der Waals surface area contributed by atoms with Gasteiger partial charge in [-0.3, -0.25) is 13.9 Å². The Labute approximate surface area is 218 Å². The molecule has 0 spiro atoms. The summed E-state index contributed by atoms with van der Waals surface area (Å²) in [4.78, 5) is 41.4. The first-order valence-electron chi connectivity index (χ1n) is 12.6. The van der Waals surface area contributed by atoms with Crippen LogP contribution < -0.4 is 21.9 Å². The van der Waals surface area contributed by atoms with E-state index < -0.39 is 5.69 Å². The van der Waals surface area contributed by atoms with E-state index in [9.17, 15) is 9.59 Å². The number of nitrogens with two attached hydrogens (primary N) is 1. The van der Waals surface area contributed by atoms with Crippen LogP contribution in [0.4, 0.5) is 11.6 Å². The molecule has 4 aromatic rings. The van der Waals surface area contributed by atoms with Gasteiger partial charge in [0.15, 0.2) is 11.2 Å². The van der Waals surface area contributed by atoms with E-state index in [1.165, 1.54) is 9.13 Å². The minimum atomic E-state index is -0.412. The van der Waals surface area contributed by atoms with E-state index in [1.54, 1.807) is 18.8 Å². The Balaban J connectivity index is 1.52. The molecule has 9 nitrogen and oxygen atoms in total. The van der Waals surface area contributed by atoms with Gasteiger partial charge >= 0.3 is 5.69 Å². The van der Waals surface area contributed by atoms with Gasteiger partial charge < -0.3 is 15.2 Å². The lowest BCUT2D eigenvalue weighted by atomic mass is 10.1. The number of rotatable bonds is 4. The zero-order valence-corrected chi connectivity index (χ0v) is 21.7. The van der Waals surface area contributed by atoms with Crippen LogP contribution in [-0.2, 0) is 20.1 Å². The quantitative estimate of drug-likeness (QED) is 0.448. The molecule has 0 radical (unpaired) electrons. The summed E-state index contributed by atoms with van der Waals surface area (Å²) >= 11 is 1.64. The minimum Gasteiger partial charge on any atom is -0.341 e. The number of hydrogen-bond acceptors (Lipinski definition) is 7. The fourth-order valence-electron chi connectivity index (χ4n) is 5.26. The summed E-state index contributed by atoms with van der Waals surface area (Å²) in [7, 11) is 1.67. The van der Waals surface area contributed by atoms with Crippen LogP contribution in [0, 0.1) is 0 Å². The highest BCUT2D eigenvalue weighted by molar-refractivity contribution is 7.99. The third kappa shape index (κ3) is 4.00. The van der Waals surface area contributed by atoms with Crippen molar-refractivity contribution in [1.82, 2.24) is 18.7 Å². The van der Waals surface area contributed by atoms with Gasteiger partial charge in [0.1, 0.15) is 0 Å². The smallest absolute Gasteiger partial charge is 0.332 e. The lowest BCUT2D eigenvalue weighted by Crippen LogP contribution is -2.44. The second-order valence-electron chi connectivity index (χ2n) is 9.53. The summed E-state index contributed by atoms with van der Waals surface area (Å²) in [5.74, 6) is 0.694. The largest absolute Gasteiger partial charge is 0.341 e. The van der Waals surface area contributed by atoms with E-state index in [1.807, 2.05) is 60.0 Å². The molecule has 4 heterocycles. The molecule has 0 aliphatic carbocycles. The monoisotopic (exact) mass is 515 g/mol. The van der Waals surface area contributed by atoms with Crippen molar-refractivity contribution in [3.8, 4) is 0 Å². The average molecular weight is 516 g/mol. The zero-order chi connectivity index (χ0) is 25.7. The van der Waals surface area contributed by atoms with E-state index in [0.717, 1.165) is 40.4 Å². The third-order valence-electron chi connectivity index (χ3n) is 7.12. The normalized spacial score (nSPS) is 17.3. The van der Waals surface area contributed by atoms with Gasteiger partial charge in [-0.2, -0.15) is 4.98 Å². The van der Waals surface area contributed by atoms with Crippen molar-refractivity contribution >= 4 is 40.3 Å². The molecule has 1 fully saturated rings. The predicted octanol–water partition coefficient (Wildman–Crippen LogP) is 3.13. The number of hydrogen-bond donors (Lipinski definition) is 1. The van der Waals surface area contributed by atoms with Crippen molar-refractivity contribution in [3.63, 3.8) is 0 Å². The predicted molar refractivity (Wildman–Crippen MR) is 148 cm³/mol. The first-order valence-corrected chi connectivity index (χ1v) is 13.4. The number of benzene rings is 2. The van der Waals surface area contributed by atoms with Gasteiger partial charge in [-0.05, 0) is 38.0 Å². The molecule has 1 saturated heterocycles. The minimum absolute atomic E-state index is 0.0617. The number of aromatic nitrogens is 4. The standard InChI is InChI=1S/C27H29N7O2S/c1-3-33-23-24(30-26(33)32-14-8-9-17(28)15-32)31(2)27(36)34(25(23)35)16-20-18-10-4-6-12-21(18)37-22-13-7-5-11-19(22)29-20/h4-7,10-13,17H,3,8-9,14-16,28H2,1-2H3. The summed E-state index contributed by atoms with van der Waals surface area (Å²) in [6, 6.07) is 16.0. The highest BCUT2D eigenvalue weighted by atomic mass is 32.2. The number of para-hydroxylation sites is 1. The van der Waals surface area contributed by atoms with Crippen molar-refractivity contribution in [2.24, 2.45) is 17.8 Å². The van der Waals surface area contributed by atoms with E-state index in [0.29, 0.717) is 35.9 Å². The van der Waals surface area contributed by atoms with E-state index in [4.69, 9.17) is 15.7 Å². The summed E-state index contributed by atoms with van der Waals surface area (Å²) in [5, 5.41) is 0. The first-order chi connectivity index (χ1) is 18.0. The molecular formula is C27H29N7O2S. The maximum atomic E-state index is 13.9. The number of aliphatic imine (C=N–C) groups is 1. The van der Waals surface area contributed by atoms with Crippen LogP contribution in [0.3, 0.4) is 0 Å². The molecule has 0 amide bonds. The molecule has 10 heteroatoms. The molecule has 6 rings (SSSR count). The van der Waals surface area contributed by atoms with Crippen LogP contribution in [0.25, 0.3) is 11.2 Å². The second kappa shape index (κ2) is 9.35. The molecule has 2 aliphatic rings. The maximum Gasteiger partial charge on any atom is 0.332 e. The number of fused-ring (bicyclic) bond motifs is 3. The first kappa shape index (κ1) is 23.7. The third-order valence-corrected chi connectivity index (χ3v) is 8.26. The SMILES string of the molecule is CCn1c(N2CCCC(N)C2)nc2c1c(=O)n(CC1=Nc3ccccc3Sc3ccccc31)c(=O)n2C. The van der Waals surface area contributed by atoms with Crippen molar-refractivity contribution < 1.29 is 0 Å². The summed E-state index contributed by atoms with van der Waals surface area (Å²) in [6.45, 7) is 4.11. The fourth-order valence-corrected chi connectivity index (χ4v) is 6.30. The average Bonchev–Trinajstić information content (AvgIpc) is 3.23. The molecule has 2 aliphatic heterocycles. The van der Waals surface area contributed by atoms with Gasteiger partial charge in [0.05, 0.1) is 17.9 Å². The summed E-state index contributed by atoms with van der Waals surface area (Å²) < 4.78 is 4.68. The number of piperidine rings is 1. The van der Waals surface area contributed by atoms with E-state index in [2.05, 4.69) is 4.90 Å². The van der Waals surface area contributed by atoms with Crippen LogP contribution in [-0.4, -0.2) is 43.5 Å². The fraction of sp³-hybridized carbons (Fsp3) is 0.333. The lowest BCUT2D eigenvalue weighted by Gasteiger charge is -2.31. The van der Waals surface area contributed by atoms with Crippen molar-refractivity contribution in [2.75, 3.05) is 18.0 Å². The molecule has 2 aromatic heterocycles. The molecular weight excluding hydrogens is 486 g/mol. The highest BCUT2D eigenvalue weighted by Crippen LogP contribution is 2.40. The molecule has 2 N–H and O–H groups in total. The van der Waals surface area contributed by atoms with Crippen LogP contribution >= 0.6 is 11.8 Å². The van der Waals surface area contributed by atoms with Gasteiger partial charge in [-0.15, -0.1) is 0 Å². The summed E-state index contributed by atoms with van der Waals surface area (Å²) in [6.07, 6.45) is 1.94. The molecule has 1 unspecified atom stereocenters. The molecule has 37 heavy (non-hydrogen) atoms. The number of anilines is 1. The number of aryl methyl sites for hydroxylation is 2. The van der Waals surface area contributed by atoms with Gasteiger partial charge in [0.25, 0.3) is 5.56 Å². The van der Waals surface area contributed by atoms with Crippen LogP contribution in [0.2, 0.25) is 0 Å². The van der Waals surface area contributed by atoms with Gasteiger partial charge in [0, 0.05) is 48.1 Å². The van der Waals surface area contributed by atoms with E-state index in [-0.39, 0.29) is 18.1 Å². The zero-order valence-electron chi connectivity index (χ0n) is 20.9. The van der Waals surface area contributed by atoms with Gasteiger partial charge in [-0.25, -0.2) is 9.79 Å². The van der Waals surface area contributed by atoms with Gasteiger partial charge in [0.2, 0.25) is 5.95 Å². The summed E-state index contributed by atoms with van der Waals surface area (Å²) in [5.41, 5.74) is 8.71. The molecule has 2 aromatic carbocycles. The maximum absolute atomic E-state index is 13.9. The Morgan fingerprint density at radius 3 is 2.59 bits per heavy atom. The Morgan fingerprint density at radius 2 is 1.81 bits per heavy atom. The van der Waals surface area contributed by atoms with Crippen LogP contribution in [0.15, 0.2) is 72.9 Å². The topological polar surface area (TPSA) is 103 Å². The van der Waals surface area contributed by atoms with Crippen molar-refractivity contribution in [2.45, 2.75) is 48.7 Å². The highest BCUT2D eigenvalue weighted by Gasteiger charge is 2.27. The Bertz CT molecular complexity index is 1670. The Kier molecular flexibility index (Phi) is 6.00. The van der Waals surface area contributed by atoms with E-state index >= 15 is 0 Å². The molecule has 1 atom stereocenters. The van der Waals surface area contributed by atoms with Crippen LogP contribution in [0.5, 0.6) is 0 Å². The van der Waals surface area contributed by atoms with Crippen LogP contribution in [0.1, 0.15) is 25.3 Å². The molecule has 0 saturated carbocycles. The molecule has 0 bridgehead atoms. The molecule has 190 valence electrons.